The Morgan fingerprint density at radius 1 is 1.67 bits per heavy atom. The fourth-order valence-electron chi connectivity index (χ4n) is 1.13. The van der Waals surface area contributed by atoms with Crippen LogP contribution in [0.1, 0.15) is 5.56 Å². The van der Waals surface area contributed by atoms with E-state index in [1.165, 1.54) is 4.68 Å². The minimum absolute atomic E-state index is 0.0295. The van der Waals surface area contributed by atoms with Crippen LogP contribution in [-0.2, 0) is 11.3 Å². The van der Waals surface area contributed by atoms with Crippen LogP contribution in [0, 0.1) is 17.0 Å². The molecule has 0 aromatic carbocycles. The highest BCUT2D eigenvalue weighted by atomic mass is 16.6. The Labute approximate surface area is 86.4 Å². The number of hydrogen-bond acceptors (Lipinski definition) is 5. The molecule has 0 aliphatic heterocycles. The predicted molar refractivity (Wildman–Crippen MR) is 51.5 cm³/mol. The fraction of sp³-hybridized carbons (Fsp3) is 0.625. The van der Waals surface area contributed by atoms with E-state index in [4.69, 9.17) is 9.84 Å². The van der Waals surface area contributed by atoms with Crippen molar-refractivity contribution in [1.82, 2.24) is 9.78 Å². The lowest BCUT2D eigenvalue weighted by molar-refractivity contribution is -0.390. The molecule has 15 heavy (non-hydrogen) atoms. The quantitative estimate of drug-likeness (QED) is 0.413. The number of nitrogens with zero attached hydrogens (tertiary/aromatic N) is 3. The number of ether oxygens (including phenoxy) is 1. The van der Waals surface area contributed by atoms with Gasteiger partial charge in [0, 0.05) is 0 Å². The number of aromatic nitrogens is 2. The van der Waals surface area contributed by atoms with E-state index < -0.39 is 4.92 Å². The van der Waals surface area contributed by atoms with Crippen LogP contribution in [0.4, 0.5) is 5.82 Å². The van der Waals surface area contributed by atoms with Gasteiger partial charge in [0.2, 0.25) is 0 Å². The summed E-state index contributed by atoms with van der Waals surface area (Å²) in [5, 5.41) is 22.7. The maximum Gasteiger partial charge on any atom is 0.392 e. The van der Waals surface area contributed by atoms with E-state index in [0.29, 0.717) is 18.7 Å². The molecule has 0 saturated carbocycles. The first-order chi connectivity index (χ1) is 7.15. The van der Waals surface area contributed by atoms with Gasteiger partial charge < -0.3 is 20.0 Å². The average Bonchev–Trinajstić information content (AvgIpc) is 2.55. The smallest absolute Gasteiger partial charge is 0.392 e. The second kappa shape index (κ2) is 5.42. The summed E-state index contributed by atoms with van der Waals surface area (Å²) in [4.78, 5) is 9.96. The zero-order chi connectivity index (χ0) is 11.3. The molecule has 0 unspecified atom stereocenters. The monoisotopic (exact) mass is 215 g/mol. The molecule has 84 valence electrons. The lowest BCUT2D eigenvalue weighted by Gasteiger charge is -1.98. The largest absolute Gasteiger partial charge is 0.394 e. The van der Waals surface area contributed by atoms with Gasteiger partial charge in [0.1, 0.15) is 0 Å². The molecule has 0 fully saturated rings. The van der Waals surface area contributed by atoms with Crippen molar-refractivity contribution >= 4 is 5.82 Å². The first-order valence-corrected chi connectivity index (χ1v) is 4.52. The highest BCUT2D eigenvalue weighted by molar-refractivity contribution is 5.27. The van der Waals surface area contributed by atoms with Gasteiger partial charge in [0.15, 0.2) is 0 Å². The van der Waals surface area contributed by atoms with Gasteiger partial charge >= 0.3 is 5.82 Å². The summed E-state index contributed by atoms with van der Waals surface area (Å²) in [5.41, 5.74) is 0.530. The van der Waals surface area contributed by atoms with Crippen LogP contribution >= 0.6 is 0 Å². The molecule has 7 nitrogen and oxygen atoms in total. The standard InChI is InChI=1S/C8H13N3O4/c1-7-6-10(2-4-15-5-3-12)9-8(7)11(13)14/h6,12H,2-5H2,1H3. The Hall–Kier alpha value is -1.47. The SMILES string of the molecule is Cc1cn(CCOCCO)nc1[N+](=O)[O-]. The van der Waals surface area contributed by atoms with Gasteiger partial charge in [0.05, 0.1) is 43.2 Å². The Bertz CT molecular complexity index is 337. The summed E-state index contributed by atoms with van der Waals surface area (Å²) in [6.45, 7) is 2.68. The minimum Gasteiger partial charge on any atom is -0.394 e. The van der Waals surface area contributed by atoms with Crippen LogP contribution in [0.3, 0.4) is 0 Å². The summed E-state index contributed by atoms with van der Waals surface area (Å²) in [6.07, 6.45) is 1.60. The van der Waals surface area contributed by atoms with Crippen molar-refractivity contribution in [2.75, 3.05) is 19.8 Å². The molecule has 1 rings (SSSR count). The van der Waals surface area contributed by atoms with Crippen LogP contribution in [0.5, 0.6) is 0 Å². The van der Waals surface area contributed by atoms with E-state index in [-0.39, 0.29) is 19.0 Å². The lowest BCUT2D eigenvalue weighted by Crippen LogP contribution is -2.09. The number of aliphatic hydroxyl groups is 1. The van der Waals surface area contributed by atoms with Crippen molar-refractivity contribution in [3.05, 3.63) is 21.9 Å². The molecule has 0 saturated heterocycles. The van der Waals surface area contributed by atoms with Crippen molar-refractivity contribution in [2.24, 2.45) is 0 Å². The van der Waals surface area contributed by atoms with E-state index in [1.54, 1.807) is 13.1 Å². The van der Waals surface area contributed by atoms with Crippen molar-refractivity contribution in [3.63, 3.8) is 0 Å². The predicted octanol–water partition coefficient (Wildman–Crippen LogP) is 0.109. The summed E-state index contributed by atoms with van der Waals surface area (Å²) < 4.78 is 6.48. The van der Waals surface area contributed by atoms with Crippen molar-refractivity contribution in [3.8, 4) is 0 Å². The highest BCUT2D eigenvalue weighted by Crippen LogP contribution is 2.13. The number of hydrogen-bond donors (Lipinski definition) is 1. The Morgan fingerprint density at radius 2 is 2.40 bits per heavy atom. The molecule has 1 heterocycles. The van der Waals surface area contributed by atoms with Crippen LogP contribution in [0.2, 0.25) is 0 Å². The maximum atomic E-state index is 10.5. The van der Waals surface area contributed by atoms with Gasteiger partial charge in [-0.2, -0.15) is 4.68 Å². The van der Waals surface area contributed by atoms with E-state index in [0.717, 1.165) is 0 Å². The summed E-state index contributed by atoms with van der Waals surface area (Å²) in [6, 6.07) is 0. The molecule has 0 aliphatic rings. The minimum atomic E-state index is -0.513. The van der Waals surface area contributed by atoms with Crippen LogP contribution in [0.15, 0.2) is 6.20 Å². The van der Waals surface area contributed by atoms with E-state index in [2.05, 4.69) is 5.10 Å². The van der Waals surface area contributed by atoms with Gasteiger partial charge in [-0.3, -0.25) is 0 Å². The molecule has 0 spiro atoms. The molecule has 0 bridgehead atoms. The molecule has 1 aromatic rings. The third kappa shape index (κ3) is 3.30. The maximum absolute atomic E-state index is 10.5. The molecule has 0 atom stereocenters. The zero-order valence-electron chi connectivity index (χ0n) is 8.42. The third-order valence-corrected chi connectivity index (χ3v) is 1.79. The topological polar surface area (TPSA) is 90.4 Å². The first-order valence-electron chi connectivity index (χ1n) is 4.52. The summed E-state index contributed by atoms with van der Waals surface area (Å²) >= 11 is 0. The van der Waals surface area contributed by atoms with E-state index in [1.807, 2.05) is 0 Å². The molecule has 7 heteroatoms. The van der Waals surface area contributed by atoms with Gasteiger partial charge in [-0.05, 0) is 11.8 Å². The van der Waals surface area contributed by atoms with Gasteiger partial charge in [-0.1, -0.05) is 0 Å². The molecule has 0 amide bonds. The number of nitro groups is 1. The van der Waals surface area contributed by atoms with Gasteiger partial charge in [0.25, 0.3) is 0 Å². The van der Waals surface area contributed by atoms with Gasteiger partial charge in [-0.15, -0.1) is 0 Å². The van der Waals surface area contributed by atoms with Crippen molar-refractivity contribution in [1.29, 1.82) is 0 Å². The Kier molecular flexibility index (Phi) is 4.19. The third-order valence-electron chi connectivity index (χ3n) is 1.79. The molecular weight excluding hydrogens is 202 g/mol. The van der Waals surface area contributed by atoms with Crippen LogP contribution in [-0.4, -0.2) is 39.6 Å². The van der Waals surface area contributed by atoms with Crippen LogP contribution in [0.25, 0.3) is 0 Å². The summed E-state index contributed by atoms with van der Waals surface area (Å²) in [7, 11) is 0. The zero-order valence-corrected chi connectivity index (χ0v) is 8.42. The number of aliphatic hydroxyl groups excluding tert-OH is 1. The summed E-state index contributed by atoms with van der Waals surface area (Å²) in [5.74, 6) is -0.128. The molecular formula is C8H13N3O4. The lowest BCUT2D eigenvalue weighted by atomic mass is 10.4. The Morgan fingerprint density at radius 3 is 2.93 bits per heavy atom. The average molecular weight is 215 g/mol. The number of aryl methyl sites for hydroxylation is 1. The van der Waals surface area contributed by atoms with Crippen LogP contribution < -0.4 is 0 Å². The van der Waals surface area contributed by atoms with Gasteiger partial charge in [-0.25, -0.2) is 0 Å². The van der Waals surface area contributed by atoms with Crippen molar-refractivity contribution < 1.29 is 14.8 Å². The molecule has 1 aromatic heterocycles. The second-order valence-electron chi connectivity index (χ2n) is 2.99. The molecule has 0 radical (unpaired) electrons. The second-order valence-corrected chi connectivity index (χ2v) is 2.99. The highest BCUT2D eigenvalue weighted by Gasteiger charge is 2.16. The molecule has 1 N–H and O–H groups in total. The fourth-order valence-corrected chi connectivity index (χ4v) is 1.13. The van der Waals surface area contributed by atoms with Crippen molar-refractivity contribution in [2.45, 2.75) is 13.5 Å². The number of rotatable bonds is 6. The normalized spacial score (nSPS) is 10.5. The van der Waals surface area contributed by atoms with E-state index >= 15 is 0 Å². The first kappa shape index (κ1) is 11.6. The Balaban J connectivity index is 2.48. The molecule has 0 aliphatic carbocycles. The van der Waals surface area contributed by atoms with E-state index in [9.17, 15) is 10.1 Å².